The summed E-state index contributed by atoms with van der Waals surface area (Å²) < 4.78 is 39.3. The molecule has 0 saturated carbocycles. The molecule has 1 aromatic heterocycles. The van der Waals surface area contributed by atoms with E-state index in [-0.39, 0.29) is 23.9 Å². The van der Waals surface area contributed by atoms with E-state index in [2.05, 4.69) is 10.2 Å². The van der Waals surface area contributed by atoms with E-state index in [0.717, 1.165) is 6.07 Å². The van der Waals surface area contributed by atoms with Crippen LogP contribution < -0.4 is 0 Å². The molecular weight excluding hydrogens is 319 g/mol. The van der Waals surface area contributed by atoms with E-state index in [9.17, 15) is 18.0 Å². The van der Waals surface area contributed by atoms with E-state index < -0.39 is 11.7 Å². The summed E-state index contributed by atoms with van der Waals surface area (Å²) in [6.07, 6.45) is -1.54. The first kappa shape index (κ1) is 17.9. The molecule has 0 aliphatic rings. The quantitative estimate of drug-likeness (QED) is 0.838. The van der Waals surface area contributed by atoms with Gasteiger partial charge in [0.2, 0.25) is 0 Å². The average molecular weight is 337 g/mol. The normalized spacial score (nSPS) is 12.7. The summed E-state index contributed by atoms with van der Waals surface area (Å²) >= 11 is 0. The number of carbonyl (C=O) groups excluding carboxylic acids is 1. The second kappa shape index (κ2) is 7.42. The SMILES string of the molecule is CCN(C(=O)c1ccnnc1)[C@H](C)Cc1ccccc1C(F)(F)F. The summed E-state index contributed by atoms with van der Waals surface area (Å²) in [6, 6.07) is 6.59. The van der Waals surface area contributed by atoms with Crippen molar-refractivity contribution in [1.82, 2.24) is 15.1 Å². The van der Waals surface area contributed by atoms with E-state index in [4.69, 9.17) is 0 Å². The van der Waals surface area contributed by atoms with Crippen molar-refractivity contribution < 1.29 is 18.0 Å². The van der Waals surface area contributed by atoms with Crippen molar-refractivity contribution in [3.8, 4) is 0 Å². The number of nitrogens with zero attached hydrogens (tertiary/aromatic N) is 3. The van der Waals surface area contributed by atoms with Crippen molar-refractivity contribution in [2.45, 2.75) is 32.5 Å². The van der Waals surface area contributed by atoms with Crippen molar-refractivity contribution in [1.29, 1.82) is 0 Å². The molecule has 1 heterocycles. The summed E-state index contributed by atoms with van der Waals surface area (Å²) in [5.41, 5.74) is -0.120. The molecule has 0 N–H and O–H groups in total. The zero-order valence-electron chi connectivity index (χ0n) is 13.4. The molecule has 0 fully saturated rings. The monoisotopic (exact) mass is 337 g/mol. The van der Waals surface area contributed by atoms with Crippen LogP contribution in [0.2, 0.25) is 0 Å². The molecule has 2 rings (SSSR count). The molecule has 0 spiro atoms. The molecule has 1 amide bonds. The minimum Gasteiger partial charge on any atom is -0.336 e. The third-order valence-corrected chi connectivity index (χ3v) is 3.80. The lowest BCUT2D eigenvalue weighted by Gasteiger charge is -2.29. The molecule has 7 heteroatoms. The van der Waals surface area contributed by atoms with Crippen molar-refractivity contribution in [3.63, 3.8) is 0 Å². The van der Waals surface area contributed by atoms with Crippen LogP contribution in [0, 0.1) is 0 Å². The number of likely N-dealkylation sites (N-methyl/N-ethyl adjacent to an activating group) is 1. The van der Waals surface area contributed by atoms with E-state index in [0.29, 0.717) is 12.1 Å². The van der Waals surface area contributed by atoms with E-state index in [1.165, 1.54) is 35.5 Å². The highest BCUT2D eigenvalue weighted by Gasteiger charge is 2.33. The predicted molar refractivity (Wildman–Crippen MR) is 83.4 cm³/mol. The first-order valence-electron chi connectivity index (χ1n) is 7.57. The zero-order valence-corrected chi connectivity index (χ0v) is 13.4. The van der Waals surface area contributed by atoms with Gasteiger partial charge < -0.3 is 4.90 Å². The Labute approximate surface area is 138 Å². The van der Waals surface area contributed by atoms with Gasteiger partial charge in [-0.15, -0.1) is 0 Å². The fraction of sp³-hybridized carbons (Fsp3) is 0.353. The number of aromatic nitrogens is 2. The predicted octanol–water partition coefficient (Wildman–Crippen LogP) is 3.59. The highest BCUT2D eigenvalue weighted by atomic mass is 19.4. The molecule has 0 saturated heterocycles. The Morgan fingerprint density at radius 2 is 1.92 bits per heavy atom. The number of halogens is 3. The molecule has 1 aromatic carbocycles. The molecule has 0 radical (unpaired) electrons. The Bertz CT molecular complexity index is 689. The van der Waals surface area contributed by atoms with Gasteiger partial charge in [0.15, 0.2) is 0 Å². The summed E-state index contributed by atoms with van der Waals surface area (Å²) in [5.74, 6) is -0.274. The lowest BCUT2D eigenvalue weighted by Crippen LogP contribution is -2.40. The van der Waals surface area contributed by atoms with Crippen molar-refractivity contribution in [2.75, 3.05) is 6.54 Å². The number of hydrogen-bond acceptors (Lipinski definition) is 3. The Balaban J connectivity index is 2.22. The van der Waals surface area contributed by atoms with Crippen LogP contribution >= 0.6 is 0 Å². The summed E-state index contributed by atoms with van der Waals surface area (Å²) in [4.78, 5) is 14.1. The molecule has 0 unspecified atom stereocenters. The minimum absolute atomic E-state index is 0.119. The number of hydrogen-bond donors (Lipinski definition) is 0. The highest BCUT2D eigenvalue weighted by Crippen LogP contribution is 2.32. The van der Waals surface area contributed by atoms with E-state index >= 15 is 0 Å². The largest absolute Gasteiger partial charge is 0.416 e. The summed E-state index contributed by atoms with van der Waals surface area (Å²) in [5, 5.41) is 7.28. The van der Waals surface area contributed by atoms with Gasteiger partial charge in [-0.1, -0.05) is 18.2 Å². The van der Waals surface area contributed by atoms with Crippen LogP contribution in [0.4, 0.5) is 13.2 Å². The molecule has 0 aliphatic heterocycles. The topological polar surface area (TPSA) is 46.1 Å². The fourth-order valence-corrected chi connectivity index (χ4v) is 2.64. The van der Waals surface area contributed by atoms with Crippen molar-refractivity contribution in [3.05, 3.63) is 59.4 Å². The Kier molecular flexibility index (Phi) is 5.54. The standard InChI is InChI=1S/C17H18F3N3O/c1-3-23(16(24)14-8-9-21-22-11-14)12(2)10-13-6-4-5-7-15(13)17(18,19)20/h4-9,11-12H,3,10H2,1-2H3/t12-/m1/s1. The molecule has 1 atom stereocenters. The van der Waals surface area contributed by atoms with Crippen LogP contribution in [-0.4, -0.2) is 33.6 Å². The van der Waals surface area contributed by atoms with Gasteiger partial charge in [0.25, 0.3) is 5.91 Å². The molecule has 4 nitrogen and oxygen atoms in total. The Hall–Kier alpha value is -2.44. The Morgan fingerprint density at radius 1 is 1.21 bits per heavy atom. The summed E-state index contributed by atoms with van der Waals surface area (Å²) in [6.45, 7) is 3.92. The maximum absolute atomic E-state index is 13.1. The minimum atomic E-state index is -4.41. The maximum atomic E-state index is 13.1. The average Bonchev–Trinajstić information content (AvgIpc) is 2.55. The lowest BCUT2D eigenvalue weighted by molar-refractivity contribution is -0.138. The van der Waals surface area contributed by atoms with Gasteiger partial charge in [-0.25, -0.2) is 0 Å². The van der Waals surface area contributed by atoms with Crippen LogP contribution in [0.1, 0.15) is 35.3 Å². The maximum Gasteiger partial charge on any atom is 0.416 e. The first-order chi connectivity index (χ1) is 11.3. The summed E-state index contributed by atoms with van der Waals surface area (Å²) in [7, 11) is 0. The smallest absolute Gasteiger partial charge is 0.336 e. The van der Waals surface area contributed by atoms with Crippen molar-refractivity contribution >= 4 is 5.91 Å². The number of carbonyl (C=O) groups is 1. The van der Waals surface area contributed by atoms with Crippen LogP contribution in [0.25, 0.3) is 0 Å². The first-order valence-corrected chi connectivity index (χ1v) is 7.57. The van der Waals surface area contributed by atoms with Gasteiger partial charge in [0.1, 0.15) is 0 Å². The van der Waals surface area contributed by atoms with Gasteiger partial charge in [-0.2, -0.15) is 23.4 Å². The van der Waals surface area contributed by atoms with Gasteiger partial charge >= 0.3 is 6.18 Å². The molecule has 24 heavy (non-hydrogen) atoms. The van der Waals surface area contributed by atoms with Gasteiger partial charge in [0.05, 0.1) is 23.5 Å². The molecular formula is C17H18F3N3O. The van der Waals surface area contributed by atoms with E-state index in [1.54, 1.807) is 19.9 Å². The van der Waals surface area contributed by atoms with Gasteiger partial charge in [-0.3, -0.25) is 4.79 Å². The number of benzene rings is 1. The molecule has 2 aromatic rings. The molecule has 0 bridgehead atoms. The fourth-order valence-electron chi connectivity index (χ4n) is 2.64. The van der Waals surface area contributed by atoms with E-state index in [1.807, 2.05) is 0 Å². The second-order valence-corrected chi connectivity index (χ2v) is 5.43. The molecule has 0 aliphatic carbocycles. The van der Waals surface area contributed by atoms with Gasteiger partial charge in [0, 0.05) is 12.6 Å². The van der Waals surface area contributed by atoms with Crippen LogP contribution in [-0.2, 0) is 12.6 Å². The number of alkyl halides is 3. The lowest BCUT2D eigenvalue weighted by atomic mass is 9.99. The molecule has 128 valence electrons. The Morgan fingerprint density at radius 3 is 2.50 bits per heavy atom. The van der Waals surface area contributed by atoms with Crippen LogP contribution in [0.3, 0.4) is 0 Å². The van der Waals surface area contributed by atoms with Crippen molar-refractivity contribution in [2.24, 2.45) is 0 Å². The zero-order chi connectivity index (χ0) is 17.7. The third-order valence-electron chi connectivity index (χ3n) is 3.80. The van der Waals surface area contributed by atoms with Gasteiger partial charge in [-0.05, 0) is 38.0 Å². The third kappa shape index (κ3) is 4.10. The second-order valence-electron chi connectivity index (χ2n) is 5.43. The highest BCUT2D eigenvalue weighted by molar-refractivity contribution is 5.94. The number of rotatable bonds is 5. The van der Waals surface area contributed by atoms with Crippen LogP contribution in [0.15, 0.2) is 42.7 Å². The van der Waals surface area contributed by atoms with Crippen LogP contribution in [0.5, 0.6) is 0 Å². The number of amides is 1.